The van der Waals surface area contributed by atoms with Gasteiger partial charge in [-0.3, -0.25) is 0 Å². The summed E-state index contributed by atoms with van der Waals surface area (Å²) in [5, 5.41) is 3.23. The fraction of sp³-hybridized carbons (Fsp3) is 0.600. The average molecular weight is 253 g/mol. The molecule has 1 aromatic carbocycles. The number of hydrogen-bond donors (Lipinski definition) is 1. The minimum atomic E-state index is -0.429. The summed E-state index contributed by atoms with van der Waals surface area (Å²) in [5.74, 6) is 0.405. The number of halogens is 2. The normalized spacial score (nSPS) is 25.3. The summed E-state index contributed by atoms with van der Waals surface area (Å²) in [5.41, 5.74) is 0.219. The Labute approximate surface area is 108 Å². The second kappa shape index (κ2) is 5.79. The van der Waals surface area contributed by atoms with Crippen molar-refractivity contribution in [3.8, 4) is 0 Å². The van der Waals surface area contributed by atoms with Gasteiger partial charge < -0.3 is 5.32 Å². The summed E-state index contributed by atoms with van der Waals surface area (Å²) >= 11 is 0. The first-order valence-corrected chi connectivity index (χ1v) is 6.72. The Morgan fingerprint density at radius 3 is 2.44 bits per heavy atom. The number of benzene rings is 1. The molecule has 0 saturated heterocycles. The minimum absolute atomic E-state index is 0.168. The lowest BCUT2D eigenvalue weighted by Gasteiger charge is -2.23. The second-order valence-corrected chi connectivity index (χ2v) is 5.48. The van der Waals surface area contributed by atoms with Crippen molar-refractivity contribution < 1.29 is 8.78 Å². The van der Waals surface area contributed by atoms with Crippen LogP contribution in [-0.2, 0) is 6.42 Å². The second-order valence-electron chi connectivity index (χ2n) is 5.48. The van der Waals surface area contributed by atoms with Gasteiger partial charge in [0, 0.05) is 11.6 Å². The maximum atomic E-state index is 13.6. The van der Waals surface area contributed by atoms with Crippen molar-refractivity contribution in [2.24, 2.45) is 11.8 Å². The van der Waals surface area contributed by atoms with E-state index in [-0.39, 0.29) is 11.6 Å². The van der Waals surface area contributed by atoms with Gasteiger partial charge in [-0.05, 0) is 50.3 Å². The Morgan fingerprint density at radius 1 is 1.28 bits per heavy atom. The third-order valence-electron chi connectivity index (χ3n) is 4.16. The van der Waals surface area contributed by atoms with E-state index in [0.717, 1.165) is 18.8 Å². The molecule has 0 amide bonds. The number of rotatable bonds is 4. The zero-order chi connectivity index (χ0) is 13.1. The van der Waals surface area contributed by atoms with Gasteiger partial charge in [0.15, 0.2) is 0 Å². The Morgan fingerprint density at radius 2 is 1.94 bits per heavy atom. The summed E-state index contributed by atoms with van der Waals surface area (Å²) in [6.45, 7) is 2.25. The molecule has 18 heavy (non-hydrogen) atoms. The molecular formula is C15H21F2N. The van der Waals surface area contributed by atoms with Crippen LogP contribution in [0.5, 0.6) is 0 Å². The van der Waals surface area contributed by atoms with E-state index in [1.165, 1.54) is 24.6 Å². The van der Waals surface area contributed by atoms with E-state index in [9.17, 15) is 8.78 Å². The predicted molar refractivity (Wildman–Crippen MR) is 69.4 cm³/mol. The van der Waals surface area contributed by atoms with Crippen molar-refractivity contribution in [3.05, 3.63) is 35.4 Å². The summed E-state index contributed by atoms with van der Waals surface area (Å²) in [6, 6.07) is 4.26. The molecule has 3 unspecified atom stereocenters. The molecule has 1 saturated carbocycles. The van der Waals surface area contributed by atoms with E-state index in [1.54, 1.807) is 0 Å². The maximum absolute atomic E-state index is 13.6. The molecule has 1 fully saturated rings. The molecule has 0 heterocycles. The third kappa shape index (κ3) is 2.89. The van der Waals surface area contributed by atoms with Crippen molar-refractivity contribution >= 4 is 0 Å². The van der Waals surface area contributed by atoms with Gasteiger partial charge in [0.2, 0.25) is 0 Å². The molecular weight excluding hydrogens is 232 g/mol. The van der Waals surface area contributed by atoms with Crippen molar-refractivity contribution in [2.45, 2.75) is 38.6 Å². The molecule has 3 atom stereocenters. The van der Waals surface area contributed by atoms with Crippen LogP contribution >= 0.6 is 0 Å². The summed E-state index contributed by atoms with van der Waals surface area (Å²) in [7, 11) is 1.88. The molecule has 0 spiro atoms. The highest BCUT2D eigenvalue weighted by Gasteiger charge is 2.29. The molecule has 2 rings (SSSR count). The van der Waals surface area contributed by atoms with Crippen molar-refractivity contribution in [2.75, 3.05) is 7.05 Å². The van der Waals surface area contributed by atoms with E-state index in [2.05, 4.69) is 12.2 Å². The summed E-state index contributed by atoms with van der Waals surface area (Å²) in [4.78, 5) is 0. The molecule has 1 nitrogen and oxygen atoms in total. The zero-order valence-electron chi connectivity index (χ0n) is 11.0. The predicted octanol–water partition coefficient (Wildman–Crippen LogP) is 3.53. The first-order valence-electron chi connectivity index (χ1n) is 6.72. The van der Waals surface area contributed by atoms with Gasteiger partial charge in [0.1, 0.15) is 11.6 Å². The van der Waals surface area contributed by atoms with Crippen LogP contribution in [-0.4, -0.2) is 13.1 Å². The van der Waals surface area contributed by atoms with Gasteiger partial charge >= 0.3 is 0 Å². The van der Waals surface area contributed by atoms with E-state index in [4.69, 9.17) is 0 Å². The average Bonchev–Trinajstić information content (AvgIpc) is 2.76. The van der Waals surface area contributed by atoms with Crippen molar-refractivity contribution in [3.63, 3.8) is 0 Å². The molecule has 0 bridgehead atoms. The summed E-state index contributed by atoms with van der Waals surface area (Å²) in [6.07, 6.45) is 3.97. The molecule has 0 aliphatic heterocycles. The molecule has 1 aliphatic rings. The van der Waals surface area contributed by atoms with E-state index >= 15 is 0 Å². The number of nitrogens with one attached hydrogen (secondary N) is 1. The Kier molecular flexibility index (Phi) is 4.33. The highest BCUT2D eigenvalue weighted by atomic mass is 19.1. The van der Waals surface area contributed by atoms with Crippen LogP contribution in [0, 0.1) is 23.5 Å². The van der Waals surface area contributed by atoms with Gasteiger partial charge in [-0.25, -0.2) is 8.78 Å². The lowest BCUT2D eigenvalue weighted by Crippen LogP contribution is -2.35. The van der Waals surface area contributed by atoms with Crippen LogP contribution in [0.25, 0.3) is 0 Å². The fourth-order valence-electron chi connectivity index (χ4n) is 3.07. The third-order valence-corrected chi connectivity index (χ3v) is 4.16. The first-order chi connectivity index (χ1) is 8.61. The Hall–Kier alpha value is -0.960. The molecule has 3 heteroatoms. The van der Waals surface area contributed by atoms with E-state index in [0.29, 0.717) is 12.3 Å². The molecule has 1 aromatic rings. The molecule has 1 aliphatic carbocycles. The lowest BCUT2D eigenvalue weighted by atomic mass is 9.91. The maximum Gasteiger partial charge on any atom is 0.129 e. The van der Waals surface area contributed by atoms with E-state index < -0.39 is 11.6 Å². The largest absolute Gasteiger partial charge is 0.316 e. The quantitative estimate of drug-likeness (QED) is 0.865. The monoisotopic (exact) mass is 253 g/mol. The van der Waals surface area contributed by atoms with Gasteiger partial charge in [-0.15, -0.1) is 0 Å². The van der Waals surface area contributed by atoms with Crippen molar-refractivity contribution in [1.82, 2.24) is 5.32 Å². The first kappa shape index (κ1) is 13.5. The van der Waals surface area contributed by atoms with Crippen LogP contribution in [0.15, 0.2) is 18.2 Å². The van der Waals surface area contributed by atoms with Crippen LogP contribution in [0.4, 0.5) is 8.78 Å². The minimum Gasteiger partial charge on any atom is -0.316 e. The smallest absolute Gasteiger partial charge is 0.129 e. The Bertz CT molecular complexity index is 385. The molecule has 100 valence electrons. The summed E-state index contributed by atoms with van der Waals surface area (Å²) < 4.78 is 27.3. The highest BCUT2D eigenvalue weighted by molar-refractivity contribution is 5.21. The topological polar surface area (TPSA) is 12.0 Å². The molecule has 1 N–H and O–H groups in total. The van der Waals surface area contributed by atoms with Crippen LogP contribution in [0.1, 0.15) is 31.7 Å². The van der Waals surface area contributed by atoms with Gasteiger partial charge in [-0.1, -0.05) is 19.4 Å². The Balaban J connectivity index is 2.10. The lowest BCUT2D eigenvalue weighted by molar-refractivity contribution is 0.359. The van der Waals surface area contributed by atoms with Crippen LogP contribution in [0.3, 0.4) is 0 Å². The number of likely N-dealkylation sites (N-methyl/N-ethyl adjacent to an activating group) is 1. The van der Waals surface area contributed by atoms with Gasteiger partial charge in [0.25, 0.3) is 0 Å². The highest BCUT2D eigenvalue weighted by Crippen LogP contribution is 2.34. The van der Waals surface area contributed by atoms with Crippen molar-refractivity contribution in [1.29, 1.82) is 0 Å². The van der Waals surface area contributed by atoms with Crippen LogP contribution < -0.4 is 5.32 Å². The van der Waals surface area contributed by atoms with Gasteiger partial charge in [-0.2, -0.15) is 0 Å². The molecule has 0 radical (unpaired) electrons. The number of hydrogen-bond acceptors (Lipinski definition) is 1. The zero-order valence-corrected chi connectivity index (χ0v) is 11.0. The standard InChI is InChI=1S/C15H21F2N/c1-10-6-7-11(8-10)15(18-2)9-12-13(16)4-3-5-14(12)17/h3-5,10-11,15,18H,6-9H2,1-2H3. The van der Waals surface area contributed by atoms with Crippen LogP contribution in [0.2, 0.25) is 0 Å². The molecule has 0 aromatic heterocycles. The SMILES string of the molecule is CNC(Cc1c(F)cccc1F)C1CCC(C)C1. The van der Waals surface area contributed by atoms with Gasteiger partial charge in [0.05, 0.1) is 0 Å². The van der Waals surface area contributed by atoms with E-state index in [1.807, 2.05) is 7.05 Å². The fourth-order valence-corrected chi connectivity index (χ4v) is 3.07.